The molecule has 0 bridgehead atoms. The molecule has 0 aliphatic heterocycles. The van der Waals surface area contributed by atoms with Crippen molar-refractivity contribution in [3.63, 3.8) is 0 Å². The summed E-state index contributed by atoms with van der Waals surface area (Å²) in [7, 11) is -0.777. The molecular formula is C29H33F3N6O3S. The number of sulfone groups is 1. The van der Waals surface area contributed by atoms with Gasteiger partial charge in [-0.05, 0) is 56.4 Å². The molecule has 9 nitrogen and oxygen atoms in total. The van der Waals surface area contributed by atoms with E-state index < -0.39 is 43.3 Å². The van der Waals surface area contributed by atoms with E-state index in [9.17, 15) is 26.4 Å². The van der Waals surface area contributed by atoms with Crippen LogP contribution in [0.2, 0.25) is 0 Å². The number of aryl methyl sites for hydroxylation is 1. The van der Waals surface area contributed by atoms with Gasteiger partial charge in [-0.2, -0.15) is 18.2 Å². The number of aromatic nitrogens is 3. The molecule has 224 valence electrons. The molecule has 2 N–H and O–H groups in total. The lowest BCUT2D eigenvalue weighted by molar-refractivity contribution is -0.138. The monoisotopic (exact) mass is 602 g/mol. The van der Waals surface area contributed by atoms with E-state index in [1.807, 2.05) is 32.0 Å². The van der Waals surface area contributed by atoms with Crippen molar-refractivity contribution in [1.29, 1.82) is 0 Å². The van der Waals surface area contributed by atoms with Gasteiger partial charge in [0.25, 0.3) is 5.91 Å². The summed E-state index contributed by atoms with van der Waals surface area (Å²) < 4.78 is 68.4. The van der Waals surface area contributed by atoms with Crippen molar-refractivity contribution in [2.75, 3.05) is 24.3 Å². The van der Waals surface area contributed by atoms with Crippen LogP contribution in [0.1, 0.15) is 58.1 Å². The second-order valence-corrected chi connectivity index (χ2v) is 12.4. The summed E-state index contributed by atoms with van der Waals surface area (Å²) >= 11 is 0. The highest BCUT2D eigenvalue weighted by atomic mass is 32.2. The highest BCUT2D eigenvalue weighted by molar-refractivity contribution is 7.91. The number of rotatable bonds is 9. The zero-order valence-corrected chi connectivity index (χ0v) is 24.3. The Labute approximate surface area is 243 Å². The number of benzene rings is 1. The van der Waals surface area contributed by atoms with Gasteiger partial charge in [0.05, 0.1) is 11.1 Å². The molecule has 0 radical (unpaired) electrons. The fraction of sp³-hybridized carbons (Fsp3) is 0.379. The second kappa shape index (κ2) is 12.5. The lowest BCUT2D eigenvalue weighted by Gasteiger charge is -2.30. The number of hydrogen-bond acceptors (Lipinski definition) is 8. The summed E-state index contributed by atoms with van der Waals surface area (Å²) in [6, 6.07) is 8.85. The third kappa shape index (κ3) is 6.89. The first-order valence-corrected chi connectivity index (χ1v) is 14.9. The van der Waals surface area contributed by atoms with Crippen molar-refractivity contribution >= 4 is 27.5 Å². The molecule has 1 saturated carbocycles. The Bertz CT molecular complexity index is 1550. The maximum Gasteiger partial charge on any atom is 0.416 e. The van der Waals surface area contributed by atoms with Crippen molar-refractivity contribution < 1.29 is 26.4 Å². The van der Waals surface area contributed by atoms with Crippen molar-refractivity contribution in [1.82, 2.24) is 20.3 Å². The van der Waals surface area contributed by atoms with E-state index in [-0.39, 0.29) is 17.6 Å². The smallest absolute Gasteiger partial charge is 0.363 e. The molecule has 1 aliphatic rings. The standard InChI is InChI=1S/C29H33F3N6O3S/c1-5-24(21-9-6-7-11-23(21)29(30,31)32)42(40,41)27-22(10-8-16-33-27)26(39)35-19-12-14-20(15-13-19)36-28-34-18(2)17-25(37-28)38(3)4/h5-11,16-17,19-20,24H,1,12-15H2,2-4H3,(H,35,39)(H,34,36,37). The van der Waals surface area contributed by atoms with Crippen molar-refractivity contribution in [3.8, 4) is 0 Å². The average Bonchev–Trinajstić information content (AvgIpc) is 2.94. The molecule has 1 amide bonds. The minimum atomic E-state index is -4.79. The van der Waals surface area contributed by atoms with Gasteiger partial charge in [-0.15, -0.1) is 6.58 Å². The van der Waals surface area contributed by atoms with Crippen LogP contribution in [0.4, 0.5) is 24.9 Å². The van der Waals surface area contributed by atoms with Crippen LogP contribution >= 0.6 is 0 Å². The van der Waals surface area contributed by atoms with Gasteiger partial charge in [-0.3, -0.25) is 4.79 Å². The molecule has 0 spiro atoms. The third-order valence-corrected chi connectivity index (χ3v) is 9.08. The quantitative estimate of drug-likeness (QED) is 0.324. The van der Waals surface area contributed by atoms with Gasteiger partial charge in [0, 0.05) is 44.1 Å². The van der Waals surface area contributed by atoms with Gasteiger partial charge in [-0.1, -0.05) is 24.3 Å². The van der Waals surface area contributed by atoms with Crippen LogP contribution < -0.4 is 15.5 Å². The SMILES string of the molecule is C=CC(c1ccccc1C(F)(F)F)S(=O)(=O)c1ncccc1C(=O)NC1CCC(Nc2nc(C)cc(N(C)C)n2)CC1. The van der Waals surface area contributed by atoms with Crippen molar-refractivity contribution in [3.05, 3.63) is 83.7 Å². The predicted octanol–water partition coefficient (Wildman–Crippen LogP) is 5.12. The number of anilines is 2. The van der Waals surface area contributed by atoms with Gasteiger partial charge in [0.15, 0.2) is 5.03 Å². The molecule has 0 saturated heterocycles. The topological polar surface area (TPSA) is 117 Å². The first kappa shape index (κ1) is 30.9. The molecule has 2 heterocycles. The van der Waals surface area contributed by atoms with Crippen LogP contribution in [-0.2, 0) is 16.0 Å². The highest BCUT2D eigenvalue weighted by Crippen LogP contribution is 2.39. The maximum atomic E-state index is 13.7. The van der Waals surface area contributed by atoms with Gasteiger partial charge >= 0.3 is 6.18 Å². The summed E-state index contributed by atoms with van der Waals surface area (Å²) in [4.78, 5) is 28.1. The van der Waals surface area contributed by atoms with E-state index in [0.29, 0.717) is 31.6 Å². The number of halogens is 3. The second-order valence-electron chi connectivity index (χ2n) is 10.4. The summed E-state index contributed by atoms with van der Waals surface area (Å²) in [6.45, 7) is 5.38. The predicted molar refractivity (Wildman–Crippen MR) is 154 cm³/mol. The van der Waals surface area contributed by atoms with Crippen LogP contribution in [0.25, 0.3) is 0 Å². The molecule has 2 aromatic heterocycles. The molecule has 42 heavy (non-hydrogen) atoms. The maximum absolute atomic E-state index is 13.7. The molecular weight excluding hydrogens is 569 g/mol. The first-order valence-electron chi connectivity index (χ1n) is 13.4. The number of hydrogen-bond donors (Lipinski definition) is 2. The van der Waals surface area contributed by atoms with Gasteiger partial charge in [0.2, 0.25) is 15.8 Å². The lowest BCUT2D eigenvalue weighted by atomic mass is 9.91. The number of pyridine rings is 1. The van der Waals surface area contributed by atoms with Gasteiger partial charge in [-0.25, -0.2) is 18.4 Å². The molecule has 1 fully saturated rings. The molecule has 1 aromatic carbocycles. The Kier molecular flexibility index (Phi) is 9.19. The van der Waals surface area contributed by atoms with Gasteiger partial charge in [0.1, 0.15) is 11.1 Å². The van der Waals surface area contributed by atoms with E-state index in [1.54, 1.807) is 0 Å². The Balaban J connectivity index is 1.48. The molecule has 4 rings (SSSR count). The molecule has 13 heteroatoms. The normalized spacial score (nSPS) is 18.1. The number of nitrogens with one attached hydrogen (secondary N) is 2. The minimum absolute atomic E-state index is 0.0892. The molecule has 1 unspecified atom stereocenters. The van der Waals surface area contributed by atoms with Crippen LogP contribution in [0.5, 0.6) is 0 Å². The molecule has 1 aliphatic carbocycles. The van der Waals surface area contributed by atoms with E-state index in [2.05, 4.69) is 32.2 Å². The fourth-order valence-electron chi connectivity index (χ4n) is 5.01. The van der Waals surface area contributed by atoms with Crippen molar-refractivity contribution in [2.24, 2.45) is 0 Å². The number of nitrogens with zero attached hydrogens (tertiary/aromatic N) is 4. The number of alkyl halides is 3. The van der Waals surface area contributed by atoms with Crippen LogP contribution in [-0.4, -0.2) is 55.5 Å². The zero-order valence-electron chi connectivity index (χ0n) is 23.5. The summed E-state index contributed by atoms with van der Waals surface area (Å²) in [5, 5.41) is 3.87. The number of carbonyl (C=O) groups excluding carboxylic acids is 1. The van der Waals surface area contributed by atoms with E-state index in [4.69, 9.17) is 0 Å². The molecule has 3 aromatic rings. The third-order valence-electron chi connectivity index (χ3n) is 7.10. The average molecular weight is 603 g/mol. The largest absolute Gasteiger partial charge is 0.416 e. The Morgan fingerprint density at radius 2 is 1.74 bits per heavy atom. The van der Waals surface area contributed by atoms with E-state index >= 15 is 0 Å². The lowest BCUT2D eigenvalue weighted by Crippen LogP contribution is -2.40. The summed E-state index contributed by atoms with van der Waals surface area (Å²) in [5.41, 5.74) is -0.990. The first-order chi connectivity index (χ1) is 19.8. The Hall–Kier alpha value is -4.00. The summed E-state index contributed by atoms with van der Waals surface area (Å²) in [6.07, 6.45) is -0.0192. The zero-order chi connectivity index (χ0) is 30.7. The van der Waals surface area contributed by atoms with Crippen molar-refractivity contribution in [2.45, 2.75) is 61.1 Å². The minimum Gasteiger partial charge on any atom is -0.363 e. The number of carbonyl (C=O) groups is 1. The van der Waals surface area contributed by atoms with Crippen LogP contribution in [0.15, 0.2) is 66.3 Å². The summed E-state index contributed by atoms with van der Waals surface area (Å²) in [5.74, 6) is 0.650. The fourth-order valence-corrected chi connectivity index (χ4v) is 6.72. The van der Waals surface area contributed by atoms with Crippen LogP contribution in [0.3, 0.4) is 0 Å². The Morgan fingerprint density at radius 1 is 1.07 bits per heavy atom. The highest BCUT2D eigenvalue weighted by Gasteiger charge is 2.40. The molecule has 1 atom stereocenters. The van der Waals surface area contributed by atoms with Gasteiger partial charge < -0.3 is 15.5 Å². The van der Waals surface area contributed by atoms with E-state index in [1.165, 1.54) is 30.5 Å². The van der Waals surface area contributed by atoms with Crippen LogP contribution in [0, 0.1) is 6.92 Å². The Morgan fingerprint density at radius 3 is 2.38 bits per heavy atom. The van der Waals surface area contributed by atoms with E-state index in [0.717, 1.165) is 29.7 Å². The number of amides is 1.